The lowest BCUT2D eigenvalue weighted by Crippen LogP contribution is -2.30. The molecule has 0 aliphatic carbocycles. The second-order valence-electron chi connectivity index (χ2n) is 6.73. The number of carbonyl (C=O) groups excluding carboxylic acids is 4. The van der Waals surface area contributed by atoms with Crippen LogP contribution >= 0.6 is 0 Å². The van der Waals surface area contributed by atoms with E-state index in [1.54, 1.807) is 48.5 Å². The normalized spacial score (nSPS) is 11.4. The third-order valence-electron chi connectivity index (χ3n) is 4.10. The Labute approximate surface area is 174 Å². The molecular weight excluding hydrogens is 388 g/mol. The zero-order valence-corrected chi connectivity index (χ0v) is 16.5. The predicted octanol–water partition coefficient (Wildman–Crippen LogP) is 1.84. The molecule has 0 radical (unpaired) electrons. The summed E-state index contributed by atoms with van der Waals surface area (Å²) in [5, 5.41) is 9.31. The average Bonchev–Trinajstić information content (AvgIpc) is 2.72. The molecule has 7 nitrogen and oxygen atoms in total. The molecule has 0 aliphatic heterocycles. The molecule has 1 N–H and O–H groups in total. The number of benzene rings is 2. The van der Waals surface area contributed by atoms with Gasteiger partial charge in [-0.25, -0.2) is 0 Å². The van der Waals surface area contributed by atoms with E-state index in [4.69, 9.17) is 9.47 Å². The van der Waals surface area contributed by atoms with Gasteiger partial charge in [0.05, 0.1) is 6.61 Å². The third kappa shape index (κ3) is 8.79. The molecule has 2 aromatic carbocycles. The number of hydrogen-bond donors (Lipinski definition) is 1. The molecule has 7 heteroatoms. The van der Waals surface area contributed by atoms with Crippen LogP contribution in [-0.2, 0) is 41.5 Å². The third-order valence-corrected chi connectivity index (χ3v) is 4.10. The van der Waals surface area contributed by atoms with E-state index in [1.165, 1.54) is 0 Å². The quantitative estimate of drug-likeness (QED) is 0.419. The maximum atomic E-state index is 11.9. The van der Waals surface area contributed by atoms with E-state index in [1.807, 2.05) is 12.1 Å². The Morgan fingerprint density at radius 2 is 1.20 bits per heavy atom. The van der Waals surface area contributed by atoms with Gasteiger partial charge in [0, 0.05) is 12.8 Å². The Hall–Kier alpha value is -3.32. The molecule has 0 bridgehead atoms. The van der Waals surface area contributed by atoms with Crippen molar-refractivity contribution in [3.63, 3.8) is 0 Å². The molecule has 0 spiro atoms. The number of rotatable bonds is 12. The van der Waals surface area contributed by atoms with E-state index in [9.17, 15) is 24.3 Å². The predicted molar refractivity (Wildman–Crippen MR) is 107 cm³/mol. The van der Waals surface area contributed by atoms with Crippen molar-refractivity contribution >= 4 is 23.5 Å². The maximum Gasteiger partial charge on any atom is 0.313 e. The van der Waals surface area contributed by atoms with E-state index in [-0.39, 0.29) is 24.4 Å². The van der Waals surface area contributed by atoms with E-state index in [0.717, 1.165) is 11.1 Å². The number of aliphatic hydroxyl groups is 1. The van der Waals surface area contributed by atoms with Crippen molar-refractivity contribution in [2.45, 2.75) is 31.8 Å². The summed E-state index contributed by atoms with van der Waals surface area (Å²) in [6, 6.07) is 17.9. The van der Waals surface area contributed by atoms with Crippen molar-refractivity contribution in [1.29, 1.82) is 0 Å². The highest BCUT2D eigenvalue weighted by atomic mass is 16.6. The number of ketones is 2. The van der Waals surface area contributed by atoms with Crippen molar-refractivity contribution in [3.05, 3.63) is 71.8 Å². The first-order valence-electron chi connectivity index (χ1n) is 9.53. The van der Waals surface area contributed by atoms with Crippen molar-refractivity contribution in [2.24, 2.45) is 0 Å². The first-order chi connectivity index (χ1) is 14.5. The maximum absolute atomic E-state index is 11.9. The molecule has 1 atom stereocenters. The molecule has 0 saturated carbocycles. The fourth-order valence-electron chi connectivity index (χ4n) is 2.68. The minimum Gasteiger partial charge on any atom is -0.461 e. The van der Waals surface area contributed by atoms with Gasteiger partial charge in [0.25, 0.3) is 0 Å². The molecule has 0 amide bonds. The average molecular weight is 412 g/mol. The number of ether oxygens (including phenoxy) is 2. The Bertz CT molecular complexity index is 846. The number of hydrogen-bond acceptors (Lipinski definition) is 7. The van der Waals surface area contributed by atoms with Crippen LogP contribution in [0.4, 0.5) is 0 Å². The zero-order chi connectivity index (χ0) is 21.8. The van der Waals surface area contributed by atoms with Gasteiger partial charge in [-0.3, -0.25) is 19.2 Å². The van der Waals surface area contributed by atoms with Gasteiger partial charge >= 0.3 is 11.9 Å². The van der Waals surface area contributed by atoms with Crippen molar-refractivity contribution < 1.29 is 33.8 Å². The Kier molecular flexibility index (Phi) is 9.40. The van der Waals surface area contributed by atoms with E-state index in [0.29, 0.717) is 0 Å². The smallest absolute Gasteiger partial charge is 0.313 e. The van der Waals surface area contributed by atoms with Crippen LogP contribution in [0, 0.1) is 0 Å². The molecule has 0 aliphatic rings. The highest BCUT2D eigenvalue weighted by Gasteiger charge is 2.19. The lowest BCUT2D eigenvalue weighted by atomic mass is 10.1. The highest BCUT2D eigenvalue weighted by molar-refractivity contribution is 5.97. The summed E-state index contributed by atoms with van der Waals surface area (Å²) in [6.07, 6.45) is -1.77. The van der Waals surface area contributed by atoms with Crippen LogP contribution in [0.1, 0.15) is 24.0 Å². The molecule has 0 heterocycles. The van der Waals surface area contributed by atoms with Crippen LogP contribution in [0.2, 0.25) is 0 Å². The number of carbonyl (C=O) groups is 4. The van der Waals surface area contributed by atoms with Gasteiger partial charge in [0.15, 0.2) is 6.10 Å². The number of aliphatic hydroxyl groups excluding tert-OH is 1. The van der Waals surface area contributed by atoms with Gasteiger partial charge in [-0.1, -0.05) is 60.7 Å². The van der Waals surface area contributed by atoms with Gasteiger partial charge in [0.1, 0.15) is 31.0 Å². The lowest BCUT2D eigenvalue weighted by molar-refractivity contribution is -0.162. The second-order valence-corrected chi connectivity index (χ2v) is 6.73. The van der Waals surface area contributed by atoms with Crippen LogP contribution in [0.25, 0.3) is 0 Å². The second kappa shape index (κ2) is 12.3. The summed E-state index contributed by atoms with van der Waals surface area (Å²) in [4.78, 5) is 47.6. The van der Waals surface area contributed by atoms with Gasteiger partial charge in [0.2, 0.25) is 0 Å². The lowest BCUT2D eigenvalue weighted by Gasteiger charge is -2.15. The van der Waals surface area contributed by atoms with E-state index < -0.39 is 44.1 Å². The van der Waals surface area contributed by atoms with Crippen LogP contribution in [-0.4, -0.2) is 47.9 Å². The van der Waals surface area contributed by atoms with Crippen molar-refractivity contribution in [1.82, 2.24) is 0 Å². The van der Waals surface area contributed by atoms with Crippen molar-refractivity contribution in [2.75, 3.05) is 13.2 Å². The van der Waals surface area contributed by atoms with Crippen LogP contribution < -0.4 is 0 Å². The fraction of sp³-hybridized carbons (Fsp3) is 0.304. The first kappa shape index (κ1) is 23.0. The molecular formula is C23H24O7. The minimum atomic E-state index is -1.10. The highest BCUT2D eigenvalue weighted by Crippen LogP contribution is 2.06. The SMILES string of the molecule is O=C(CC(=O)OCC(CO)OC(=O)CC(=O)Cc1ccccc1)Cc1ccccc1. The summed E-state index contributed by atoms with van der Waals surface area (Å²) in [5.74, 6) is -2.22. The van der Waals surface area contributed by atoms with Crippen LogP contribution in [0.5, 0.6) is 0 Å². The molecule has 0 aromatic heterocycles. The molecule has 158 valence electrons. The summed E-state index contributed by atoms with van der Waals surface area (Å²) in [5.41, 5.74) is 1.57. The zero-order valence-electron chi connectivity index (χ0n) is 16.5. The topological polar surface area (TPSA) is 107 Å². The van der Waals surface area contributed by atoms with Crippen LogP contribution in [0.3, 0.4) is 0 Å². The molecule has 2 rings (SSSR count). The van der Waals surface area contributed by atoms with E-state index >= 15 is 0 Å². The van der Waals surface area contributed by atoms with Gasteiger partial charge < -0.3 is 14.6 Å². The standard InChI is InChI=1S/C23H24O7/c24-15-21(30-23(28)14-20(26)12-18-9-5-2-6-10-18)16-29-22(27)13-19(25)11-17-7-3-1-4-8-17/h1-10,21,24H,11-16H2. The summed E-state index contributed by atoms with van der Waals surface area (Å²) < 4.78 is 9.91. The summed E-state index contributed by atoms with van der Waals surface area (Å²) in [6.45, 7) is -0.976. The van der Waals surface area contributed by atoms with Crippen LogP contribution in [0.15, 0.2) is 60.7 Å². The minimum absolute atomic E-state index is 0.0955. The van der Waals surface area contributed by atoms with E-state index in [2.05, 4.69) is 0 Å². The fourth-order valence-corrected chi connectivity index (χ4v) is 2.68. The first-order valence-corrected chi connectivity index (χ1v) is 9.53. The molecule has 1 unspecified atom stereocenters. The van der Waals surface area contributed by atoms with Gasteiger partial charge in [-0.15, -0.1) is 0 Å². The Morgan fingerprint density at radius 3 is 1.67 bits per heavy atom. The summed E-state index contributed by atoms with van der Waals surface area (Å²) in [7, 11) is 0. The largest absolute Gasteiger partial charge is 0.461 e. The monoisotopic (exact) mass is 412 g/mol. The Morgan fingerprint density at radius 1 is 0.733 bits per heavy atom. The molecule has 0 saturated heterocycles. The van der Waals surface area contributed by atoms with Gasteiger partial charge in [-0.05, 0) is 11.1 Å². The summed E-state index contributed by atoms with van der Waals surface area (Å²) >= 11 is 0. The molecule has 2 aromatic rings. The number of esters is 2. The number of Topliss-reactive ketones (excluding diaryl/α,β-unsaturated/α-hetero) is 2. The van der Waals surface area contributed by atoms with Crippen molar-refractivity contribution in [3.8, 4) is 0 Å². The van der Waals surface area contributed by atoms with Gasteiger partial charge in [-0.2, -0.15) is 0 Å². The Balaban J connectivity index is 1.70. The molecule has 30 heavy (non-hydrogen) atoms. The molecule has 0 fully saturated rings.